The Hall–Kier alpha value is -3.50. The molecule has 9 nitrogen and oxygen atoms in total. The molecule has 2 unspecified atom stereocenters. The largest absolute Gasteiger partial charge is 0.495 e. The highest BCUT2D eigenvalue weighted by molar-refractivity contribution is 7.17. The van der Waals surface area contributed by atoms with Gasteiger partial charge in [-0.05, 0) is 49.6 Å². The quantitative estimate of drug-likeness (QED) is 0.344. The number of fused-ring (bicyclic) bond motifs is 1. The van der Waals surface area contributed by atoms with Crippen LogP contribution in [0.3, 0.4) is 0 Å². The van der Waals surface area contributed by atoms with Gasteiger partial charge in [0.2, 0.25) is 11.8 Å². The van der Waals surface area contributed by atoms with Crippen molar-refractivity contribution in [2.75, 3.05) is 37.1 Å². The van der Waals surface area contributed by atoms with Crippen molar-refractivity contribution in [3.63, 3.8) is 0 Å². The first-order valence-corrected chi connectivity index (χ1v) is 14.5. The lowest BCUT2D eigenvalue weighted by Gasteiger charge is -2.49. The van der Waals surface area contributed by atoms with Gasteiger partial charge >= 0.3 is 5.97 Å². The first-order chi connectivity index (χ1) is 19.5. The Bertz CT molecular complexity index is 1450. The van der Waals surface area contributed by atoms with Crippen LogP contribution in [0.15, 0.2) is 53.0 Å². The van der Waals surface area contributed by atoms with Crippen LogP contribution in [0.5, 0.6) is 11.6 Å². The van der Waals surface area contributed by atoms with Gasteiger partial charge in [-0.3, -0.25) is 9.69 Å². The molecular weight excluding hydrogens is 571 g/mol. The first-order valence-electron chi connectivity index (χ1n) is 13.1. The molecule has 0 saturated carbocycles. The predicted octanol–water partition coefficient (Wildman–Crippen LogP) is 5.71. The molecule has 5 rings (SSSR count). The molecule has 2 aliphatic heterocycles. The van der Waals surface area contributed by atoms with Gasteiger partial charge in [0, 0.05) is 48.7 Å². The van der Waals surface area contributed by atoms with E-state index in [0.717, 1.165) is 10.6 Å². The number of hydrogen-bond donors (Lipinski definition) is 1. The van der Waals surface area contributed by atoms with Gasteiger partial charge in [0.05, 0.1) is 42.9 Å². The minimum Gasteiger partial charge on any atom is -0.495 e. The number of methoxy groups -OCH3 is 2. The number of ether oxygens (including phenoxy) is 2. The van der Waals surface area contributed by atoms with Crippen LogP contribution in [-0.4, -0.2) is 66.3 Å². The van der Waals surface area contributed by atoms with E-state index in [2.05, 4.69) is 28.6 Å². The number of thiophene rings is 1. The Morgan fingerprint density at radius 3 is 2.51 bits per heavy atom. The van der Waals surface area contributed by atoms with Crippen molar-refractivity contribution < 1.29 is 28.2 Å². The van der Waals surface area contributed by atoms with E-state index in [1.807, 2.05) is 23.6 Å². The zero-order chi connectivity index (χ0) is 29.5. The molecule has 4 atom stereocenters. The third-order valence-corrected chi connectivity index (χ3v) is 8.68. The summed E-state index contributed by atoms with van der Waals surface area (Å²) in [4.78, 5) is 28.3. The van der Waals surface area contributed by atoms with Gasteiger partial charge in [-0.1, -0.05) is 9.24 Å². The molecule has 218 valence electrons. The van der Waals surface area contributed by atoms with Gasteiger partial charge in [-0.15, -0.1) is 11.3 Å². The molecule has 1 fully saturated rings. The number of halogens is 2. The molecule has 1 saturated heterocycles. The van der Waals surface area contributed by atoms with Gasteiger partial charge in [0.1, 0.15) is 5.75 Å². The number of piperazine rings is 1. The summed E-state index contributed by atoms with van der Waals surface area (Å²) >= 11 is 1.40. The van der Waals surface area contributed by atoms with Crippen molar-refractivity contribution in [1.82, 2.24) is 9.88 Å². The van der Waals surface area contributed by atoms with Crippen molar-refractivity contribution in [3.05, 3.63) is 58.4 Å². The van der Waals surface area contributed by atoms with E-state index in [9.17, 15) is 18.7 Å². The van der Waals surface area contributed by atoms with Crippen molar-refractivity contribution in [3.8, 4) is 11.6 Å². The van der Waals surface area contributed by atoms with Gasteiger partial charge in [0.15, 0.2) is 0 Å². The number of alkyl halides is 2. The average molecular weight is 604 g/mol. The van der Waals surface area contributed by atoms with Crippen molar-refractivity contribution in [2.24, 2.45) is 4.99 Å². The fraction of sp³-hybridized carbons (Fsp3) is 0.393. The number of carboxylic acids is 1. The number of carboxylic acid groups (broad SMARTS) is 1. The van der Waals surface area contributed by atoms with E-state index >= 15 is 0 Å². The molecule has 1 N–H and O–H groups in total. The number of carbonyl (C=O) groups is 1. The second kappa shape index (κ2) is 11.4. The molecule has 41 heavy (non-hydrogen) atoms. The average Bonchev–Trinajstić information content (AvgIpc) is 3.40. The van der Waals surface area contributed by atoms with E-state index in [4.69, 9.17) is 14.5 Å². The number of benzene rings is 1. The van der Waals surface area contributed by atoms with Crippen LogP contribution < -0.4 is 19.3 Å². The monoisotopic (exact) mass is 603 g/mol. The van der Waals surface area contributed by atoms with Crippen LogP contribution in [-0.2, 0) is 10.5 Å². The molecule has 2 aliphatic rings. The number of aliphatic imine (C=N–C) groups is 1. The SMILES string of the molecule is COc1cc(N2[C@H](C)CN(C3=Nc4ccsc4C(CC(=O)O)N3c3cc(C(F)(F)P)ccc3OC)C[C@@H]2C)ccn1. The van der Waals surface area contributed by atoms with Gasteiger partial charge in [-0.2, -0.15) is 8.78 Å². The zero-order valence-electron chi connectivity index (χ0n) is 23.1. The van der Waals surface area contributed by atoms with Crippen LogP contribution in [0.25, 0.3) is 0 Å². The van der Waals surface area contributed by atoms with E-state index < -0.39 is 17.7 Å². The Morgan fingerprint density at radius 2 is 1.88 bits per heavy atom. The third-order valence-electron chi connectivity index (χ3n) is 7.34. The number of rotatable bonds is 7. The fourth-order valence-corrected chi connectivity index (χ4v) is 6.78. The van der Waals surface area contributed by atoms with Crippen molar-refractivity contribution >= 4 is 49.6 Å². The molecule has 0 spiro atoms. The zero-order valence-corrected chi connectivity index (χ0v) is 25.1. The number of guanidine groups is 1. The Labute approximate surface area is 243 Å². The number of anilines is 2. The summed E-state index contributed by atoms with van der Waals surface area (Å²) in [5.41, 5.74) is -1.44. The molecule has 13 heteroatoms. The number of nitrogens with zero attached hydrogens (tertiary/aromatic N) is 5. The number of aliphatic carboxylic acids is 1. The van der Waals surface area contributed by atoms with Crippen LogP contribution in [0.2, 0.25) is 0 Å². The lowest BCUT2D eigenvalue weighted by molar-refractivity contribution is -0.137. The van der Waals surface area contributed by atoms with E-state index in [0.29, 0.717) is 42.1 Å². The second-order valence-corrected chi connectivity index (χ2v) is 11.8. The van der Waals surface area contributed by atoms with Gasteiger partial charge in [0.25, 0.3) is 5.66 Å². The van der Waals surface area contributed by atoms with E-state index in [1.165, 1.54) is 36.6 Å². The maximum Gasteiger partial charge on any atom is 0.305 e. The smallest absolute Gasteiger partial charge is 0.305 e. The Balaban J connectivity index is 1.61. The highest BCUT2D eigenvalue weighted by Gasteiger charge is 2.41. The summed E-state index contributed by atoms with van der Waals surface area (Å²) in [5.74, 6) is 0.349. The molecule has 1 aromatic carbocycles. The van der Waals surface area contributed by atoms with Crippen LogP contribution in [0.1, 0.15) is 36.8 Å². The summed E-state index contributed by atoms with van der Waals surface area (Å²) in [7, 11) is 4.61. The minimum absolute atomic E-state index is 0.0156. The Kier molecular flexibility index (Phi) is 8.07. The molecular formula is C28H32F2N5O4PS. The molecule has 0 bridgehead atoms. The second-order valence-electron chi connectivity index (χ2n) is 10.1. The van der Waals surface area contributed by atoms with Crippen LogP contribution in [0.4, 0.5) is 25.8 Å². The number of pyridine rings is 1. The molecule has 0 aliphatic carbocycles. The van der Waals surface area contributed by atoms with Crippen molar-refractivity contribution in [1.29, 1.82) is 0 Å². The summed E-state index contributed by atoms with van der Waals surface area (Å²) in [6.07, 6.45) is 1.46. The predicted molar refractivity (Wildman–Crippen MR) is 159 cm³/mol. The maximum atomic E-state index is 14.5. The highest BCUT2D eigenvalue weighted by atomic mass is 32.1. The maximum absolute atomic E-state index is 14.5. The highest BCUT2D eigenvalue weighted by Crippen LogP contribution is 2.48. The summed E-state index contributed by atoms with van der Waals surface area (Å²) in [6, 6.07) is 9.22. The van der Waals surface area contributed by atoms with Gasteiger partial charge < -0.3 is 24.4 Å². The molecule has 0 amide bonds. The summed E-state index contributed by atoms with van der Waals surface area (Å²) in [5, 5.41) is 11.8. The number of hydrogen-bond acceptors (Lipinski definition) is 9. The third kappa shape index (κ3) is 5.67. The van der Waals surface area contributed by atoms with Crippen molar-refractivity contribution in [2.45, 2.75) is 44.1 Å². The molecule has 4 heterocycles. The van der Waals surface area contributed by atoms with E-state index in [1.54, 1.807) is 27.4 Å². The van der Waals surface area contributed by atoms with E-state index in [-0.39, 0.29) is 24.1 Å². The standard InChI is InChI=1S/C28H32F2N5O4PS/c1-16-14-33(15-17(2)34(16)19-7-9-31-24(12-19)39-4)27-32-20-8-10-41-26(20)22(13-25(36)37)35(27)21-11-18(28(29,30)40)5-6-23(21)38-3/h5-12,16-17,22H,13-15,40H2,1-4H3,(H,36,37)/t16-,17+,22?. The summed E-state index contributed by atoms with van der Waals surface area (Å²) < 4.78 is 40.0. The minimum atomic E-state index is -3.19. The number of aromatic nitrogens is 1. The van der Waals surface area contributed by atoms with Gasteiger partial charge in [-0.25, -0.2) is 9.98 Å². The first kappa shape index (κ1) is 29.0. The lowest BCUT2D eigenvalue weighted by Crippen LogP contribution is -2.61. The summed E-state index contributed by atoms with van der Waals surface area (Å²) in [6.45, 7) is 5.30. The lowest BCUT2D eigenvalue weighted by atomic mass is 10.0. The van der Waals surface area contributed by atoms with Crippen LogP contribution in [0, 0.1) is 0 Å². The molecule has 3 aromatic rings. The topological polar surface area (TPSA) is 90.7 Å². The normalized spacial score (nSPS) is 20.9. The molecule has 0 radical (unpaired) electrons. The Morgan fingerprint density at radius 1 is 1.15 bits per heavy atom. The molecule has 2 aromatic heterocycles. The van der Waals surface area contributed by atoms with Crippen LogP contribution >= 0.6 is 20.6 Å². The fourth-order valence-electron chi connectivity index (χ4n) is 5.67.